The number of hydrogen-bond donors (Lipinski definition) is 0. The third kappa shape index (κ3) is 3.38. The number of nitrogens with zero attached hydrogens (tertiary/aromatic N) is 5. The van der Waals surface area contributed by atoms with Gasteiger partial charge in [0.15, 0.2) is 0 Å². The Morgan fingerprint density at radius 3 is 2.66 bits per heavy atom. The van der Waals surface area contributed by atoms with Crippen molar-refractivity contribution in [2.45, 2.75) is 13.5 Å². The van der Waals surface area contributed by atoms with Crippen LogP contribution in [0.25, 0.3) is 26.6 Å². The largest absolute Gasteiger partial charge is 1.00 e. The van der Waals surface area contributed by atoms with E-state index in [1.54, 1.807) is 23.9 Å². The first kappa shape index (κ1) is 19.8. The molecule has 1 aromatic carbocycles. The average molecular weight is 411 g/mol. The number of aromatic nitrogens is 5. The maximum Gasteiger partial charge on any atom is 1.00 e. The molecule has 0 atom stereocenters. The first-order valence-corrected chi connectivity index (χ1v) is 9.48. The van der Waals surface area contributed by atoms with E-state index in [2.05, 4.69) is 15.1 Å². The average Bonchev–Trinajstić information content (AvgIpc) is 3.27. The molecule has 0 amide bonds. The minimum Gasteiger partial charge on any atom is -0.860 e. The molecular weight excluding hydrogens is 397 g/mol. The van der Waals surface area contributed by atoms with Gasteiger partial charge in [-0.2, -0.15) is 9.78 Å². The number of para-hydroxylation sites is 1. The molecule has 0 saturated heterocycles. The van der Waals surface area contributed by atoms with Gasteiger partial charge in [-0.15, -0.1) is 0 Å². The third-order valence-corrected chi connectivity index (χ3v) is 5.73. The predicted molar refractivity (Wildman–Crippen MR) is 105 cm³/mol. The molecule has 0 saturated carbocycles. The molecule has 0 spiro atoms. The topological polar surface area (TPSA) is 88.7 Å². The van der Waals surface area contributed by atoms with Gasteiger partial charge in [0.1, 0.15) is 0 Å². The fraction of sp³-hybridized carbons (Fsp3) is 0.100. The predicted octanol–water partition coefficient (Wildman–Crippen LogP) is -0.422. The Kier molecular flexibility index (Phi) is 5.26. The number of benzene rings is 1. The maximum absolute atomic E-state index is 13.1. The number of pyridine rings is 2. The molecule has 29 heavy (non-hydrogen) atoms. The summed E-state index contributed by atoms with van der Waals surface area (Å²) in [6.07, 6.45) is 3.36. The molecule has 0 N–H and O–H groups in total. The second-order valence-electron chi connectivity index (χ2n) is 6.45. The van der Waals surface area contributed by atoms with E-state index < -0.39 is 0 Å². The first-order valence-electron chi connectivity index (χ1n) is 8.67. The van der Waals surface area contributed by atoms with E-state index in [9.17, 15) is 9.90 Å². The summed E-state index contributed by atoms with van der Waals surface area (Å²) in [6, 6.07) is 12.8. The van der Waals surface area contributed by atoms with Gasteiger partial charge in [-0.25, -0.2) is 4.98 Å². The molecule has 0 radical (unpaired) electrons. The van der Waals surface area contributed by atoms with E-state index in [1.165, 1.54) is 22.1 Å². The van der Waals surface area contributed by atoms with Gasteiger partial charge in [0, 0.05) is 24.6 Å². The van der Waals surface area contributed by atoms with Gasteiger partial charge in [0.25, 0.3) is 5.56 Å². The Bertz CT molecular complexity index is 1310. The molecule has 2 aromatic heterocycles. The van der Waals surface area contributed by atoms with Crippen LogP contribution in [0.5, 0.6) is 5.88 Å². The molecule has 2 aliphatic rings. The summed E-state index contributed by atoms with van der Waals surface area (Å²) >= 11 is 1.39. The van der Waals surface area contributed by atoms with Gasteiger partial charge in [-0.1, -0.05) is 23.5 Å². The molecule has 9 heteroatoms. The summed E-state index contributed by atoms with van der Waals surface area (Å²) in [4.78, 5) is 21.6. The van der Waals surface area contributed by atoms with Gasteiger partial charge in [-0.05, 0) is 48.7 Å². The number of hydrogen-bond acceptors (Lipinski definition) is 6. The normalized spacial score (nSPS) is 11.1. The van der Waals surface area contributed by atoms with Crippen LogP contribution in [0.2, 0.25) is 0 Å². The summed E-state index contributed by atoms with van der Waals surface area (Å²) in [5.41, 5.74) is 2.90. The molecule has 7 nitrogen and oxygen atoms in total. The molecule has 4 heterocycles. The third-order valence-electron chi connectivity index (χ3n) is 4.72. The summed E-state index contributed by atoms with van der Waals surface area (Å²) in [5.74, 6) is -0.198. The van der Waals surface area contributed by atoms with Crippen LogP contribution < -0.4 is 40.2 Å². The van der Waals surface area contributed by atoms with Gasteiger partial charge in [0.2, 0.25) is 5.13 Å². The zero-order chi connectivity index (χ0) is 19.3. The fourth-order valence-corrected chi connectivity index (χ4v) is 4.22. The molecule has 0 unspecified atom stereocenters. The zero-order valence-electron chi connectivity index (χ0n) is 15.9. The van der Waals surface area contributed by atoms with Crippen molar-refractivity contribution < 1.29 is 34.7 Å². The van der Waals surface area contributed by atoms with E-state index in [0.29, 0.717) is 28.6 Å². The number of rotatable bonds is 3. The Morgan fingerprint density at radius 2 is 1.90 bits per heavy atom. The summed E-state index contributed by atoms with van der Waals surface area (Å²) in [6.45, 7) is 2.14. The van der Waals surface area contributed by atoms with E-state index in [-0.39, 0.29) is 41.0 Å². The van der Waals surface area contributed by atoms with Crippen molar-refractivity contribution in [2.75, 3.05) is 0 Å². The Hall–Kier alpha value is -2.52. The Labute approximate surface area is 191 Å². The van der Waals surface area contributed by atoms with Crippen molar-refractivity contribution >= 4 is 21.6 Å². The van der Waals surface area contributed by atoms with Crippen molar-refractivity contribution in [3.8, 4) is 22.3 Å². The first-order chi connectivity index (χ1) is 13.6. The van der Waals surface area contributed by atoms with Crippen molar-refractivity contribution in [1.29, 1.82) is 0 Å². The smallest absolute Gasteiger partial charge is 0.860 e. The zero-order valence-corrected chi connectivity index (χ0v) is 18.7. The van der Waals surface area contributed by atoms with E-state index in [4.69, 9.17) is 0 Å². The van der Waals surface area contributed by atoms with Crippen LogP contribution in [0.4, 0.5) is 0 Å². The van der Waals surface area contributed by atoms with Gasteiger partial charge in [0.05, 0.1) is 21.5 Å². The Morgan fingerprint density at radius 1 is 1.14 bits per heavy atom. The number of fused-ring (bicyclic) bond motifs is 2. The molecule has 2 aliphatic heterocycles. The quantitative estimate of drug-likeness (QED) is 0.376. The van der Waals surface area contributed by atoms with Crippen LogP contribution in [0.1, 0.15) is 11.3 Å². The summed E-state index contributed by atoms with van der Waals surface area (Å²) < 4.78 is 3.85. The fourth-order valence-electron chi connectivity index (χ4n) is 3.30. The molecular formula is C20H14N5NaO2S. The molecule has 0 aliphatic carbocycles. The van der Waals surface area contributed by atoms with Crippen LogP contribution >= 0.6 is 11.3 Å². The monoisotopic (exact) mass is 411 g/mol. The second-order valence-corrected chi connectivity index (χ2v) is 7.46. The molecule has 138 valence electrons. The maximum atomic E-state index is 13.1. The SMILES string of the molecule is Cc1c2c(=O)n(-c3nc4ccccc4s3)nc-2cc([O-])n1Cc1ccncc1.[Na+]. The van der Waals surface area contributed by atoms with Crippen molar-refractivity contribution in [1.82, 2.24) is 24.3 Å². The van der Waals surface area contributed by atoms with Crippen LogP contribution in [0.15, 0.2) is 59.7 Å². The van der Waals surface area contributed by atoms with Crippen LogP contribution in [-0.2, 0) is 6.54 Å². The number of thiazole rings is 1. The summed E-state index contributed by atoms with van der Waals surface area (Å²) in [7, 11) is 0. The molecule has 3 aromatic rings. The molecule has 0 fully saturated rings. The van der Waals surface area contributed by atoms with Crippen LogP contribution in [0.3, 0.4) is 0 Å². The summed E-state index contributed by atoms with van der Waals surface area (Å²) in [5, 5.41) is 17.5. The van der Waals surface area contributed by atoms with Crippen molar-refractivity contribution in [3.05, 3.63) is 76.5 Å². The van der Waals surface area contributed by atoms with Crippen molar-refractivity contribution in [3.63, 3.8) is 0 Å². The minimum atomic E-state index is -0.268. The van der Waals surface area contributed by atoms with E-state index in [0.717, 1.165) is 15.8 Å². The second kappa shape index (κ2) is 7.72. The van der Waals surface area contributed by atoms with Crippen LogP contribution in [0, 0.1) is 6.92 Å². The standard InChI is InChI=1S/C20H15N5O2S.Na/c1-12-18-15(10-17(26)24(12)11-13-6-8-21-9-7-13)23-25(19(18)27)20-22-14-4-2-3-5-16(14)28-20;/h2-10,26H,11H2,1H3;/q;+1/p-1. The minimum absolute atomic E-state index is 0. The van der Waals surface area contributed by atoms with Gasteiger partial charge in [-0.3, -0.25) is 9.78 Å². The van der Waals surface area contributed by atoms with Gasteiger partial charge < -0.3 is 9.67 Å². The molecule has 5 rings (SSSR count). The van der Waals surface area contributed by atoms with E-state index in [1.807, 2.05) is 36.4 Å². The van der Waals surface area contributed by atoms with Crippen LogP contribution in [-0.4, -0.2) is 24.3 Å². The van der Waals surface area contributed by atoms with Gasteiger partial charge >= 0.3 is 29.6 Å². The van der Waals surface area contributed by atoms with E-state index >= 15 is 0 Å². The Balaban J connectivity index is 0.00000205. The van der Waals surface area contributed by atoms with Crippen molar-refractivity contribution in [2.24, 2.45) is 0 Å². The molecule has 0 bridgehead atoms.